The second kappa shape index (κ2) is 28.0. The van der Waals surface area contributed by atoms with Crippen LogP contribution < -0.4 is 5.32 Å². The zero-order valence-corrected chi connectivity index (χ0v) is 34.1. The van der Waals surface area contributed by atoms with Gasteiger partial charge in [-0.15, -0.1) is 0 Å². The van der Waals surface area contributed by atoms with Crippen molar-refractivity contribution in [3.05, 3.63) is 82.9 Å². The number of rotatable bonds is 31. The van der Waals surface area contributed by atoms with Gasteiger partial charge in [0.15, 0.2) is 0 Å². The Bertz CT molecular complexity index is 1260. The zero-order valence-electron chi connectivity index (χ0n) is 34.1. The minimum absolute atomic E-state index is 1.19. The second-order valence-corrected chi connectivity index (χ2v) is 15.6. The van der Waals surface area contributed by atoms with E-state index in [0.29, 0.717) is 0 Å². The molecule has 0 aliphatic heterocycles. The summed E-state index contributed by atoms with van der Waals surface area (Å²) in [7, 11) is 0. The van der Waals surface area contributed by atoms with E-state index >= 15 is 0 Å². The summed E-state index contributed by atoms with van der Waals surface area (Å²) in [6.07, 6.45) is 37.4. The number of anilines is 2. The lowest BCUT2D eigenvalue weighted by molar-refractivity contribution is 0.589. The molecule has 0 aromatic heterocycles. The third kappa shape index (κ3) is 16.3. The molecule has 3 rings (SSSR count). The van der Waals surface area contributed by atoms with E-state index in [1.165, 1.54) is 202 Å². The summed E-state index contributed by atoms with van der Waals surface area (Å²) < 4.78 is 0. The molecular weight excluding hydrogens is 615 g/mol. The molecule has 3 aromatic rings. The monoisotopic (exact) mass is 694 g/mol. The van der Waals surface area contributed by atoms with Gasteiger partial charge in [0.25, 0.3) is 0 Å². The molecule has 0 spiro atoms. The van der Waals surface area contributed by atoms with Crippen LogP contribution >= 0.6 is 0 Å². The van der Waals surface area contributed by atoms with Gasteiger partial charge >= 0.3 is 0 Å². The molecule has 0 amide bonds. The average Bonchev–Trinajstić information content (AvgIpc) is 3.16. The van der Waals surface area contributed by atoms with Crippen molar-refractivity contribution in [1.29, 1.82) is 0 Å². The summed E-state index contributed by atoms with van der Waals surface area (Å²) >= 11 is 0. The van der Waals surface area contributed by atoms with Crippen molar-refractivity contribution in [3.8, 4) is 11.1 Å². The van der Waals surface area contributed by atoms with E-state index in [9.17, 15) is 0 Å². The quantitative estimate of drug-likeness (QED) is 0.0662. The Morgan fingerprint density at radius 3 is 1.10 bits per heavy atom. The van der Waals surface area contributed by atoms with Gasteiger partial charge in [-0.1, -0.05) is 205 Å². The maximum Gasteiger partial charge on any atom is 0.0502 e. The molecule has 0 bridgehead atoms. The van der Waals surface area contributed by atoms with Crippen molar-refractivity contribution < 1.29 is 0 Å². The summed E-state index contributed by atoms with van der Waals surface area (Å²) in [6.45, 7) is 9.34. The van der Waals surface area contributed by atoms with Crippen LogP contribution in [0.25, 0.3) is 11.1 Å². The van der Waals surface area contributed by atoms with Gasteiger partial charge in [0, 0.05) is 11.3 Å². The SMILES string of the molecule is CCCCCCCCc1c(CCCCCCCC)c(CCCCCCCC)c(-c2ccccc2)c(Nc2ccccc2)c1CCCCCCCC. The lowest BCUT2D eigenvalue weighted by Gasteiger charge is -2.29. The molecule has 0 saturated heterocycles. The molecule has 1 nitrogen and oxygen atoms in total. The first kappa shape index (κ1) is 42.9. The van der Waals surface area contributed by atoms with E-state index in [4.69, 9.17) is 0 Å². The lowest BCUT2D eigenvalue weighted by atomic mass is 9.79. The first-order valence-corrected chi connectivity index (χ1v) is 22.3. The highest BCUT2D eigenvalue weighted by Gasteiger charge is 2.24. The highest BCUT2D eigenvalue weighted by atomic mass is 14.9. The van der Waals surface area contributed by atoms with Crippen LogP contribution in [-0.2, 0) is 25.7 Å². The fourth-order valence-corrected chi connectivity index (χ4v) is 8.18. The third-order valence-corrected chi connectivity index (χ3v) is 11.2. The number of benzene rings is 3. The highest BCUT2D eigenvalue weighted by molar-refractivity contribution is 5.88. The van der Waals surface area contributed by atoms with Crippen LogP contribution in [0, 0.1) is 0 Å². The molecule has 0 unspecified atom stereocenters. The molecule has 1 N–H and O–H groups in total. The van der Waals surface area contributed by atoms with Gasteiger partial charge in [-0.05, 0) is 91.3 Å². The smallest absolute Gasteiger partial charge is 0.0502 e. The minimum atomic E-state index is 1.19. The van der Waals surface area contributed by atoms with Crippen LogP contribution in [0.1, 0.15) is 204 Å². The molecule has 0 atom stereocenters. The number of hydrogen-bond acceptors (Lipinski definition) is 1. The summed E-state index contributed by atoms with van der Waals surface area (Å²) in [4.78, 5) is 0. The number of hydrogen-bond donors (Lipinski definition) is 1. The van der Waals surface area contributed by atoms with E-state index in [2.05, 4.69) is 93.7 Å². The predicted octanol–water partition coefficient (Wildman–Crippen LogP) is 16.7. The molecule has 51 heavy (non-hydrogen) atoms. The topological polar surface area (TPSA) is 12.0 Å². The summed E-state index contributed by atoms with van der Waals surface area (Å²) in [5.74, 6) is 0. The van der Waals surface area contributed by atoms with Gasteiger partial charge in [-0.25, -0.2) is 0 Å². The number of para-hydroxylation sites is 1. The molecule has 0 heterocycles. The van der Waals surface area contributed by atoms with Crippen molar-refractivity contribution in [2.75, 3.05) is 5.32 Å². The summed E-state index contributed by atoms with van der Waals surface area (Å²) in [5, 5.41) is 4.14. The Morgan fingerprint density at radius 1 is 0.333 bits per heavy atom. The van der Waals surface area contributed by atoms with Crippen molar-refractivity contribution in [3.63, 3.8) is 0 Å². The van der Waals surface area contributed by atoms with E-state index in [0.717, 1.165) is 0 Å². The normalized spacial score (nSPS) is 11.4. The van der Waals surface area contributed by atoms with Gasteiger partial charge < -0.3 is 5.32 Å². The molecule has 0 radical (unpaired) electrons. The van der Waals surface area contributed by atoms with Crippen molar-refractivity contribution in [2.24, 2.45) is 0 Å². The van der Waals surface area contributed by atoms with Crippen LogP contribution in [0.2, 0.25) is 0 Å². The standard InChI is InChI=1S/C50H79N/c1-5-9-13-17-21-31-39-45-46(40-32-22-18-14-10-6-2)48(42-34-24-20-16-12-8-4)50(51-44-37-29-26-30-38-44)49(43-35-27-25-28-36-43)47(45)41-33-23-19-15-11-7-3/h25-30,35-38,51H,5-24,31-34,39-42H2,1-4H3. The van der Waals surface area contributed by atoms with Crippen molar-refractivity contribution in [2.45, 2.75) is 207 Å². The van der Waals surface area contributed by atoms with Gasteiger partial charge in [-0.2, -0.15) is 0 Å². The molecule has 1 heteroatoms. The van der Waals surface area contributed by atoms with E-state index in [1.54, 1.807) is 22.3 Å². The molecule has 0 aliphatic carbocycles. The highest BCUT2D eigenvalue weighted by Crippen LogP contribution is 2.44. The van der Waals surface area contributed by atoms with E-state index < -0.39 is 0 Å². The van der Waals surface area contributed by atoms with Gasteiger partial charge in [0.05, 0.1) is 5.69 Å². The number of nitrogens with one attached hydrogen (secondary N) is 1. The summed E-state index contributed by atoms with van der Waals surface area (Å²) in [6, 6.07) is 22.6. The molecule has 0 aliphatic rings. The molecular formula is C50H79N. The van der Waals surface area contributed by atoms with Crippen molar-refractivity contribution in [1.82, 2.24) is 0 Å². The van der Waals surface area contributed by atoms with Crippen LogP contribution in [0.15, 0.2) is 60.7 Å². The summed E-state index contributed by atoms with van der Waals surface area (Å²) in [5.41, 5.74) is 12.4. The maximum atomic E-state index is 4.14. The fourth-order valence-electron chi connectivity index (χ4n) is 8.18. The first-order valence-electron chi connectivity index (χ1n) is 22.3. The Balaban J connectivity index is 2.18. The van der Waals surface area contributed by atoms with Crippen LogP contribution in [0.5, 0.6) is 0 Å². The third-order valence-electron chi connectivity index (χ3n) is 11.2. The fraction of sp³-hybridized carbons (Fsp3) is 0.640. The zero-order chi connectivity index (χ0) is 36.2. The first-order chi connectivity index (χ1) is 25.2. The van der Waals surface area contributed by atoms with Gasteiger partial charge in [0.1, 0.15) is 0 Å². The number of unbranched alkanes of at least 4 members (excludes halogenated alkanes) is 20. The van der Waals surface area contributed by atoms with E-state index in [1.807, 2.05) is 0 Å². The van der Waals surface area contributed by atoms with Gasteiger partial charge in [0.2, 0.25) is 0 Å². The van der Waals surface area contributed by atoms with Crippen molar-refractivity contribution >= 4 is 11.4 Å². The van der Waals surface area contributed by atoms with E-state index in [-0.39, 0.29) is 0 Å². The Morgan fingerprint density at radius 2 is 0.667 bits per heavy atom. The van der Waals surface area contributed by atoms with Gasteiger partial charge in [-0.3, -0.25) is 0 Å². The minimum Gasteiger partial charge on any atom is -0.355 e. The maximum absolute atomic E-state index is 4.14. The molecule has 0 fully saturated rings. The largest absolute Gasteiger partial charge is 0.355 e. The lowest BCUT2D eigenvalue weighted by Crippen LogP contribution is -2.13. The molecule has 0 saturated carbocycles. The predicted molar refractivity (Wildman–Crippen MR) is 230 cm³/mol. The second-order valence-electron chi connectivity index (χ2n) is 15.6. The van der Waals surface area contributed by atoms with Crippen LogP contribution in [0.4, 0.5) is 11.4 Å². The Kier molecular flexibility index (Phi) is 23.6. The average molecular weight is 694 g/mol. The Labute approximate surface area is 317 Å². The molecule has 3 aromatic carbocycles. The molecule has 284 valence electrons. The Hall–Kier alpha value is -2.54. The van der Waals surface area contributed by atoms with Crippen LogP contribution in [0.3, 0.4) is 0 Å². The van der Waals surface area contributed by atoms with Crippen LogP contribution in [-0.4, -0.2) is 0 Å².